The lowest BCUT2D eigenvalue weighted by molar-refractivity contribution is 1.13. The summed E-state index contributed by atoms with van der Waals surface area (Å²) < 4.78 is 0. The fraction of sp³-hybridized carbons (Fsp3) is 0.222. The summed E-state index contributed by atoms with van der Waals surface area (Å²) in [5.74, 6) is 0. The van der Waals surface area contributed by atoms with Crippen molar-refractivity contribution in [1.29, 1.82) is 5.26 Å². The van der Waals surface area contributed by atoms with Gasteiger partial charge in [-0.15, -0.1) is 0 Å². The van der Waals surface area contributed by atoms with E-state index in [0.717, 1.165) is 12.0 Å². The van der Waals surface area contributed by atoms with Crippen molar-refractivity contribution < 1.29 is 0 Å². The van der Waals surface area contributed by atoms with Crippen molar-refractivity contribution in [3.63, 3.8) is 0 Å². The standard InChI is InChI=1S/C9H8N4/c1-2-8-5-7(6-10)3-4-9(8)12-13-11/h3-5H,2H2,1H3. The molecular weight excluding hydrogens is 164 g/mol. The number of azide groups is 1. The minimum Gasteiger partial charge on any atom is -0.192 e. The maximum atomic E-state index is 8.62. The highest BCUT2D eigenvalue weighted by atomic mass is 15.1. The Labute approximate surface area is 76.1 Å². The van der Waals surface area contributed by atoms with E-state index in [-0.39, 0.29) is 0 Å². The maximum absolute atomic E-state index is 8.62. The normalized spacial score (nSPS) is 8.62. The number of hydrogen-bond acceptors (Lipinski definition) is 2. The lowest BCUT2D eigenvalue weighted by atomic mass is 10.1. The van der Waals surface area contributed by atoms with Crippen LogP contribution in [0.25, 0.3) is 10.4 Å². The molecule has 4 nitrogen and oxygen atoms in total. The molecule has 0 heterocycles. The predicted molar refractivity (Wildman–Crippen MR) is 49.3 cm³/mol. The molecule has 13 heavy (non-hydrogen) atoms. The fourth-order valence-corrected chi connectivity index (χ4v) is 1.08. The van der Waals surface area contributed by atoms with Crippen LogP contribution in [-0.4, -0.2) is 0 Å². The molecule has 64 valence electrons. The highest BCUT2D eigenvalue weighted by Crippen LogP contribution is 2.20. The van der Waals surface area contributed by atoms with Crippen LogP contribution < -0.4 is 0 Å². The SMILES string of the molecule is CCc1cc(C#N)ccc1N=[N+]=[N-]. The number of benzene rings is 1. The van der Waals surface area contributed by atoms with Gasteiger partial charge in [0, 0.05) is 10.6 Å². The van der Waals surface area contributed by atoms with E-state index >= 15 is 0 Å². The zero-order valence-corrected chi connectivity index (χ0v) is 7.23. The van der Waals surface area contributed by atoms with Crippen molar-refractivity contribution in [2.45, 2.75) is 13.3 Å². The van der Waals surface area contributed by atoms with Gasteiger partial charge in [-0.1, -0.05) is 18.1 Å². The molecule has 0 saturated heterocycles. The summed E-state index contributed by atoms with van der Waals surface area (Å²) in [5.41, 5.74) is 10.4. The van der Waals surface area contributed by atoms with Crippen LogP contribution in [0, 0.1) is 11.3 Å². The number of nitriles is 1. The summed E-state index contributed by atoms with van der Waals surface area (Å²) >= 11 is 0. The first-order chi connectivity index (χ1) is 6.31. The van der Waals surface area contributed by atoms with E-state index in [1.165, 1.54) is 0 Å². The summed E-state index contributed by atoms with van der Waals surface area (Å²) in [6, 6.07) is 7.08. The number of rotatable bonds is 2. The minimum absolute atomic E-state index is 0.591. The van der Waals surface area contributed by atoms with Gasteiger partial charge in [0.25, 0.3) is 0 Å². The molecule has 0 radical (unpaired) electrons. The van der Waals surface area contributed by atoms with E-state index < -0.39 is 0 Å². The van der Waals surface area contributed by atoms with Crippen molar-refractivity contribution in [2.24, 2.45) is 5.11 Å². The number of aryl methyl sites for hydroxylation is 1. The summed E-state index contributed by atoms with van der Waals surface area (Å²) in [5, 5.41) is 12.1. The molecule has 0 unspecified atom stereocenters. The second-order valence-corrected chi connectivity index (χ2v) is 2.50. The molecule has 0 aliphatic heterocycles. The minimum atomic E-state index is 0.591. The first-order valence-corrected chi connectivity index (χ1v) is 3.90. The number of nitrogens with zero attached hydrogens (tertiary/aromatic N) is 4. The summed E-state index contributed by atoms with van der Waals surface area (Å²) in [6.07, 6.45) is 0.754. The zero-order chi connectivity index (χ0) is 9.68. The van der Waals surface area contributed by atoms with Gasteiger partial charge in [0.1, 0.15) is 0 Å². The van der Waals surface area contributed by atoms with Gasteiger partial charge in [-0.25, -0.2) is 0 Å². The van der Waals surface area contributed by atoms with E-state index in [1.54, 1.807) is 18.2 Å². The van der Waals surface area contributed by atoms with Crippen LogP contribution in [0.15, 0.2) is 23.3 Å². The third-order valence-electron chi connectivity index (χ3n) is 1.74. The number of hydrogen-bond donors (Lipinski definition) is 0. The lowest BCUT2D eigenvalue weighted by Crippen LogP contribution is -1.82. The average Bonchev–Trinajstić information content (AvgIpc) is 2.19. The summed E-state index contributed by atoms with van der Waals surface area (Å²) in [7, 11) is 0. The Hall–Kier alpha value is -1.98. The Morgan fingerprint density at radius 3 is 2.92 bits per heavy atom. The first kappa shape index (κ1) is 9.11. The Balaban J connectivity index is 3.24. The quantitative estimate of drug-likeness (QED) is 0.383. The smallest absolute Gasteiger partial charge is 0.0991 e. The largest absolute Gasteiger partial charge is 0.192 e. The molecule has 1 aromatic carbocycles. The third kappa shape index (κ3) is 1.98. The average molecular weight is 172 g/mol. The molecule has 0 aliphatic carbocycles. The molecule has 4 heteroatoms. The van der Waals surface area contributed by atoms with Crippen molar-refractivity contribution >= 4 is 5.69 Å². The van der Waals surface area contributed by atoms with E-state index in [1.807, 2.05) is 13.0 Å². The van der Waals surface area contributed by atoms with Gasteiger partial charge < -0.3 is 0 Å². The van der Waals surface area contributed by atoms with E-state index in [2.05, 4.69) is 10.0 Å². The van der Waals surface area contributed by atoms with Gasteiger partial charge in [0.2, 0.25) is 0 Å². The molecule has 0 aromatic heterocycles. The third-order valence-corrected chi connectivity index (χ3v) is 1.74. The highest BCUT2D eigenvalue weighted by Gasteiger charge is 1.99. The molecule has 0 amide bonds. The maximum Gasteiger partial charge on any atom is 0.0991 e. The van der Waals surface area contributed by atoms with E-state index in [9.17, 15) is 0 Å². The van der Waals surface area contributed by atoms with Crippen LogP contribution in [0.3, 0.4) is 0 Å². The molecule has 0 saturated carbocycles. The predicted octanol–water partition coefficient (Wildman–Crippen LogP) is 3.06. The van der Waals surface area contributed by atoms with Crippen LogP contribution in [0.1, 0.15) is 18.1 Å². The van der Waals surface area contributed by atoms with Crippen LogP contribution in [0.5, 0.6) is 0 Å². The van der Waals surface area contributed by atoms with Crippen LogP contribution in [0.4, 0.5) is 5.69 Å². The molecule has 0 N–H and O–H groups in total. The lowest BCUT2D eigenvalue weighted by Gasteiger charge is -2.00. The second-order valence-electron chi connectivity index (χ2n) is 2.50. The molecular formula is C9H8N4. The van der Waals surface area contributed by atoms with Gasteiger partial charge >= 0.3 is 0 Å². The van der Waals surface area contributed by atoms with Crippen molar-refractivity contribution in [3.05, 3.63) is 39.8 Å². The van der Waals surface area contributed by atoms with Crippen LogP contribution in [-0.2, 0) is 6.42 Å². The van der Waals surface area contributed by atoms with Gasteiger partial charge in [0.05, 0.1) is 11.6 Å². The summed E-state index contributed by atoms with van der Waals surface area (Å²) in [4.78, 5) is 2.71. The van der Waals surface area contributed by atoms with Crippen molar-refractivity contribution in [3.8, 4) is 6.07 Å². The first-order valence-electron chi connectivity index (χ1n) is 3.90. The molecule has 0 spiro atoms. The van der Waals surface area contributed by atoms with Gasteiger partial charge in [-0.2, -0.15) is 5.26 Å². The van der Waals surface area contributed by atoms with Crippen molar-refractivity contribution in [1.82, 2.24) is 0 Å². The Morgan fingerprint density at radius 2 is 2.38 bits per heavy atom. The Morgan fingerprint density at radius 1 is 1.62 bits per heavy atom. The molecule has 1 aromatic rings. The zero-order valence-electron chi connectivity index (χ0n) is 7.23. The molecule has 0 atom stereocenters. The molecule has 0 bridgehead atoms. The molecule has 0 aliphatic rings. The topological polar surface area (TPSA) is 72.5 Å². The van der Waals surface area contributed by atoms with Crippen LogP contribution >= 0.6 is 0 Å². The fourth-order valence-electron chi connectivity index (χ4n) is 1.08. The van der Waals surface area contributed by atoms with E-state index in [0.29, 0.717) is 11.3 Å². The Kier molecular flexibility index (Phi) is 2.91. The Bertz CT molecular complexity index is 397. The van der Waals surface area contributed by atoms with Crippen molar-refractivity contribution in [2.75, 3.05) is 0 Å². The monoisotopic (exact) mass is 172 g/mol. The molecule has 1 rings (SSSR count). The van der Waals surface area contributed by atoms with Gasteiger partial charge in [0.15, 0.2) is 0 Å². The van der Waals surface area contributed by atoms with Crippen LogP contribution in [0.2, 0.25) is 0 Å². The molecule has 0 fully saturated rings. The summed E-state index contributed by atoms with van der Waals surface area (Å²) in [6.45, 7) is 1.95. The van der Waals surface area contributed by atoms with Gasteiger partial charge in [-0.3, -0.25) is 0 Å². The van der Waals surface area contributed by atoms with Gasteiger partial charge in [-0.05, 0) is 29.6 Å². The second kappa shape index (κ2) is 4.15. The van der Waals surface area contributed by atoms with E-state index in [4.69, 9.17) is 10.8 Å². The highest BCUT2D eigenvalue weighted by molar-refractivity contribution is 5.50.